The van der Waals surface area contributed by atoms with Gasteiger partial charge in [0.1, 0.15) is 0 Å². The molecule has 94 valence electrons. The van der Waals surface area contributed by atoms with Crippen molar-refractivity contribution < 1.29 is 8.76 Å². The summed E-state index contributed by atoms with van der Waals surface area (Å²) < 4.78 is 21.5. The Morgan fingerprint density at radius 1 is 1.35 bits per heavy atom. The monoisotopic (exact) mass is 253 g/mol. The molecule has 1 rings (SSSR count). The summed E-state index contributed by atoms with van der Waals surface area (Å²) in [4.78, 5) is 0. The van der Waals surface area contributed by atoms with Crippen LogP contribution in [0.15, 0.2) is 30.8 Å². The molecule has 0 amide bonds. The molecule has 0 bridgehead atoms. The fraction of sp³-hybridized carbons (Fsp3) is 0.385. The van der Waals surface area contributed by atoms with Crippen molar-refractivity contribution >= 4 is 16.8 Å². The Balaban J connectivity index is 2.74. The minimum atomic E-state index is -1.99. The summed E-state index contributed by atoms with van der Waals surface area (Å²) in [5.41, 5.74) is 3.17. The molecular weight excluding hydrogens is 234 g/mol. The Labute approximate surface area is 105 Å². The second-order valence-corrected chi connectivity index (χ2v) is 5.79. The third-order valence-corrected chi connectivity index (χ3v) is 2.96. The average molecular weight is 253 g/mol. The number of hydrogen-bond acceptors (Lipinski definition) is 1. The van der Waals surface area contributed by atoms with Gasteiger partial charge in [0.25, 0.3) is 0 Å². The smallest absolute Gasteiger partial charge is 0.232 e. The van der Waals surface area contributed by atoms with E-state index >= 15 is 0 Å². The van der Waals surface area contributed by atoms with E-state index in [1.54, 1.807) is 0 Å². The first-order valence-corrected chi connectivity index (χ1v) is 6.54. The summed E-state index contributed by atoms with van der Waals surface area (Å²) in [6, 6.07) is 8.11. The quantitative estimate of drug-likeness (QED) is 0.811. The highest BCUT2D eigenvalue weighted by Crippen LogP contribution is 2.23. The van der Waals surface area contributed by atoms with Crippen LogP contribution < -0.4 is 4.72 Å². The van der Waals surface area contributed by atoms with Crippen molar-refractivity contribution in [3.8, 4) is 0 Å². The maximum Gasteiger partial charge on any atom is 0.232 e. The van der Waals surface area contributed by atoms with E-state index in [2.05, 4.69) is 44.2 Å². The van der Waals surface area contributed by atoms with Crippen LogP contribution >= 0.6 is 0 Å². The molecule has 0 aliphatic rings. The van der Waals surface area contributed by atoms with E-state index in [-0.39, 0.29) is 5.41 Å². The number of benzene rings is 1. The summed E-state index contributed by atoms with van der Waals surface area (Å²) in [7, 11) is 0. The zero-order valence-electron chi connectivity index (χ0n) is 10.5. The van der Waals surface area contributed by atoms with Gasteiger partial charge >= 0.3 is 0 Å². The Hall–Kier alpha value is -0.970. The van der Waals surface area contributed by atoms with Gasteiger partial charge in [0.2, 0.25) is 11.3 Å². The second-order valence-electron chi connectivity index (χ2n) is 5.00. The van der Waals surface area contributed by atoms with Crippen molar-refractivity contribution in [2.24, 2.45) is 0 Å². The summed E-state index contributed by atoms with van der Waals surface area (Å²) >= 11 is -1.99. The summed E-state index contributed by atoms with van der Waals surface area (Å²) in [5.74, 6) is 0. The minimum absolute atomic E-state index is 0.130. The maximum atomic E-state index is 10.5. The van der Waals surface area contributed by atoms with Crippen LogP contribution in [0, 0.1) is 0 Å². The Morgan fingerprint density at radius 3 is 2.29 bits per heavy atom. The van der Waals surface area contributed by atoms with Gasteiger partial charge in [-0.3, -0.25) is 4.55 Å². The topological polar surface area (TPSA) is 49.3 Å². The average Bonchev–Trinajstić information content (AvgIpc) is 2.25. The molecule has 0 fully saturated rings. The fourth-order valence-corrected chi connectivity index (χ4v) is 1.75. The molecule has 2 N–H and O–H groups in total. The van der Waals surface area contributed by atoms with Gasteiger partial charge < -0.3 is 0 Å². The highest BCUT2D eigenvalue weighted by atomic mass is 32.2. The molecule has 0 aliphatic carbocycles. The molecular formula is C13H19NO2S. The lowest BCUT2D eigenvalue weighted by molar-refractivity contribution is 0.553. The van der Waals surface area contributed by atoms with Crippen LogP contribution in [0.5, 0.6) is 0 Å². The van der Waals surface area contributed by atoms with Gasteiger partial charge in [-0.2, -0.15) is 0 Å². The number of hydrogen-bond donors (Lipinski definition) is 2. The van der Waals surface area contributed by atoms with Crippen LogP contribution in [0.4, 0.5) is 0 Å². The van der Waals surface area contributed by atoms with Crippen molar-refractivity contribution in [1.29, 1.82) is 0 Å². The normalized spacial score (nSPS) is 13.4. The van der Waals surface area contributed by atoms with E-state index in [0.29, 0.717) is 6.54 Å². The highest BCUT2D eigenvalue weighted by Gasteiger charge is 2.13. The van der Waals surface area contributed by atoms with E-state index < -0.39 is 11.3 Å². The van der Waals surface area contributed by atoms with Crippen LogP contribution in [-0.2, 0) is 16.7 Å². The first-order valence-electron chi connectivity index (χ1n) is 5.44. The number of nitrogens with one attached hydrogen (secondary N) is 1. The second kappa shape index (κ2) is 5.58. The van der Waals surface area contributed by atoms with E-state index in [1.165, 1.54) is 5.56 Å². The Kier molecular flexibility index (Phi) is 4.62. The van der Waals surface area contributed by atoms with Gasteiger partial charge in [-0.25, -0.2) is 8.93 Å². The van der Waals surface area contributed by atoms with Gasteiger partial charge in [-0.05, 0) is 22.1 Å². The first kappa shape index (κ1) is 14.1. The Morgan fingerprint density at radius 2 is 1.88 bits per heavy atom. The predicted molar refractivity (Wildman–Crippen MR) is 72.9 cm³/mol. The molecule has 3 nitrogen and oxygen atoms in total. The molecule has 0 saturated heterocycles. The van der Waals surface area contributed by atoms with Crippen molar-refractivity contribution in [2.75, 3.05) is 6.54 Å². The van der Waals surface area contributed by atoms with E-state index in [0.717, 1.165) is 11.1 Å². The van der Waals surface area contributed by atoms with Crippen molar-refractivity contribution in [3.05, 3.63) is 42.0 Å². The maximum absolute atomic E-state index is 10.5. The van der Waals surface area contributed by atoms with Gasteiger partial charge in [0, 0.05) is 6.54 Å². The Bertz CT molecular complexity index is 418. The summed E-state index contributed by atoms with van der Waals surface area (Å²) in [5, 5.41) is 0. The highest BCUT2D eigenvalue weighted by molar-refractivity contribution is 7.77. The molecule has 0 radical (unpaired) electrons. The summed E-state index contributed by atoms with van der Waals surface area (Å²) in [6.07, 6.45) is 0. The molecule has 1 unspecified atom stereocenters. The zero-order valence-corrected chi connectivity index (χ0v) is 11.3. The van der Waals surface area contributed by atoms with Gasteiger partial charge in [-0.1, -0.05) is 51.6 Å². The standard InChI is InChI=1S/C13H19NO2S/c1-10(9-14-17(15)16)11-5-7-12(8-6-11)13(2,3)4/h5-8,14H,1,9H2,2-4H3,(H,15,16). The molecule has 0 aromatic heterocycles. The fourth-order valence-electron chi connectivity index (χ4n) is 1.46. The van der Waals surface area contributed by atoms with Gasteiger partial charge in [0.15, 0.2) is 0 Å². The molecule has 0 saturated carbocycles. The molecule has 17 heavy (non-hydrogen) atoms. The van der Waals surface area contributed by atoms with Crippen LogP contribution in [-0.4, -0.2) is 15.3 Å². The lowest BCUT2D eigenvalue weighted by atomic mass is 9.86. The van der Waals surface area contributed by atoms with Crippen LogP contribution in [0.2, 0.25) is 0 Å². The molecule has 1 aromatic rings. The molecule has 1 atom stereocenters. The van der Waals surface area contributed by atoms with E-state index in [4.69, 9.17) is 4.55 Å². The third-order valence-electron chi connectivity index (χ3n) is 2.57. The van der Waals surface area contributed by atoms with Crippen LogP contribution in [0.3, 0.4) is 0 Å². The largest absolute Gasteiger partial charge is 0.294 e. The van der Waals surface area contributed by atoms with Gasteiger partial charge in [0.05, 0.1) is 0 Å². The molecule has 0 aliphatic heterocycles. The molecule has 4 heteroatoms. The first-order chi connectivity index (χ1) is 7.80. The third kappa shape index (κ3) is 4.42. The van der Waals surface area contributed by atoms with Crippen molar-refractivity contribution in [3.63, 3.8) is 0 Å². The number of rotatable bonds is 4. The van der Waals surface area contributed by atoms with Crippen molar-refractivity contribution in [1.82, 2.24) is 4.72 Å². The lowest BCUT2D eigenvalue weighted by Crippen LogP contribution is -2.18. The lowest BCUT2D eigenvalue weighted by Gasteiger charge is -2.19. The van der Waals surface area contributed by atoms with E-state index in [1.807, 2.05) is 12.1 Å². The molecule has 0 heterocycles. The van der Waals surface area contributed by atoms with Gasteiger partial charge in [-0.15, -0.1) is 0 Å². The predicted octanol–water partition coefficient (Wildman–Crippen LogP) is 2.72. The minimum Gasteiger partial charge on any atom is -0.294 e. The molecule has 1 aromatic carbocycles. The van der Waals surface area contributed by atoms with E-state index in [9.17, 15) is 4.21 Å². The molecule has 0 spiro atoms. The van der Waals surface area contributed by atoms with Crippen molar-refractivity contribution in [2.45, 2.75) is 26.2 Å². The van der Waals surface area contributed by atoms with Crippen LogP contribution in [0.1, 0.15) is 31.9 Å². The summed E-state index contributed by atoms with van der Waals surface area (Å²) in [6.45, 7) is 10.7. The SMILES string of the molecule is C=C(CNS(=O)O)c1ccc(C(C)(C)C)cc1. The zero-order chi connectivity index (χ0) is 13.1. The van der Waals surface area contributed by atoms with Crippen LogP contribution in [0.25, 0.3) is 5.57 Å².